The van der Waals surface area contributed by atoms with E-state index in [0.29, 0.717) is 18.2 Å². The number of aromatic nitrogens is 2. The van der Waals surface area contributed by atoms with E-state index in [1.165, 1.54) is 0 Å². The smallest absolute Gasteiger partial charge is 0.410 e. The quantitative estimate of drug-likeness (QED) is 0.242. The maximum absolute atomic E-state index is 12.6. The summed E-state index contributed by atoms with van der Waals surface area (Å²) in [6.07, 6.45) is -0.342. The topological polar surface area (TPSA) is 89.1 Å². The molecule has 1 atom stereocenters. The van der Waals surface area contributed by atoms with Crippen LogP contribution in [-0.4, -0.2) is 67.3 Å². The van der Waals surface area contributed by atoms with Gasteiger partial charge in [-0.1, -0.05) is 24.3 Å². The van der Waals surface area contributed by atoms with Crippen LogP contribution in [0.25, 0.3) is 21.9 Å². The van der Waals surface area contributed by atoms with Gasteiger partial charge in [0, 0.05) is 48.0 Å². The summed E-state index contributed by atoms with van der Waals surface area (Å²) in [5.74, 6) is 1.21. The maximum Gasteiger partial charge on any atom is 0.410 e. The summed E-state index contributed by atoms with van der Waals surface area (Å²) >= 11 is 1.69. The lowest BCUT2D eigenvalue weighted by Crippen LogP contribution is -2.36. The third-order valence-electron chi connectivity index (χ3n) is 7.14. The molecule has 1 fully saturated rings. The second kappa shape index (κ2) is 12.5. The molecule has 2 aromatic carbocycles. The minimum absolute atomic E-state index is 0.0155. The van der Waals surface area contributed by atoms with E-state index >= 15 is 0 Å². The largest absolute Gasteiger partial charge is 0.479 e. The van der Waals surface area contributed by atoms with Crippen molar-refractivity contribution >= 4 is 39.7 Å². The molecule has 2 aromatic heterocycles. The summed E-state index contributed by atoms with van der Waals surface area (Å²) in [4.78, 5) is 17.7. The van der Waals surface area contributed by atoms with Crippen molar-refractivity contribution in [2.45, 2.75) is 45.9 Å². The van der Waals surface area contributed by atoms with Gasteiger partial charge in [-0.2, -0.15) is 0 Å². The highest BCUT2D eigenvalue weighted by atomic mass is 32.1. The van der Waals surface area contributed by atoms with E-state index < -0.39 is 5.60 Å². The van der Waals surface area contributed by atoms with Crippen LogP contribution >= 0.6 is 11.3 Å². The van der Waals surface area contributed by atoms with Gasteiger partial charge in [-0.25, -0.2) is 4.79 Å². The second-order valence-corrected chi connectivity index (χ2v) is 12.4. The standard InChI is InChI=1S/C32H39N5O4S/c1-21(33-29-27-18-24(37-13-15-40-16-14-37)11-12-26(27)30(39-6)35-34-29)28-17-23(20-42-28)25-10-8-7-9-22(25)19-36(5)31(38)41-32(2,3)4/h7-12,17-18,20-21H,13-16,19H2,1-6H3,(H,33,34)/t21-/m1/s1. The summed E-state index contributed by atoms with van der Waals surface area (Å²) in [5, 5.41) is 16.5. The Hall–Kier alpha value is -3.89. The number of nitrogens with zero attached hydrogens (tertiary/aromatic N) is 4. The Kier molecular flexibility index (Phi) is 8.84. The Bertz CT molecular complexity index is 1540. The van der Waals surface area contributed by atoms with Crippen LogP contribution < -0.4 is 15.0 Å². The SMILES string of the molecule is COc1nnc(N[C@H](C)c2cc(-c3ccccc3CN(C)C(=O)OC(C)(C)C)cs2)c2cc(N3CCOCC3)ccc12. The molecule has 0 radical (unpaired) electrons. The first-order chi connectivity index (χ1) is 20.1. The minimum Gasteiger partial charge on any atom is -0.479 e. The molecule has 1 N–H and O–H groups in total. The summed E-state index contributed by atoms with van der Waals surface area (Å²) < 4.78 is 16.6. The number of thiophene rings is 1. The van der Waals surface area contributed by atoms with Crippen LogP contribution in [0.1, 0.15) is 44.2 Å². The number of nitrogens with one attached hydrogen (secondary N) is 1. The Morgan fingerprint density at radius 1 is 1.12 bits per heavy atom. The van der Waals surface area contributed by atoms with Crippen molar-refractivity contribution in [3.63, 3.8) is 0 Å². The summed E-state index contributed by atoms with van der Waals surface area (Å²) in [6, 6.07) is 16.7. The second-order valence-electron chi connectivity index (χ2n) is 11.5. The highest BCUT2D eigenvalue weighted by Gasteiger charge is 2.22. The number of hydrogen-bond donors (Lipinski definition) is 1. The van der Waals surface area contributed by atoms with Crippen molar-refractivity contribution in [2.24, 2.45) is 0 Å². The third-order valence-corrected chi connectivity index (χ3v) is 8.26. The number of anilines is 2. The normalized spacial score (nSPS) is 14.5. The van der Waals surface area contributed by atoms with Gasteiger partial charge in [-0.15, -0.1) is 21.5 Å². The fraction of sp³-hybridized carbons (Fsp3) is 0.406. The van der Waals surface area contributed by atoms with Crippen molar-refractivity contribution in [1.29, 1.82) is 0 Å². The van der Waals surface area contributed by atoms with Gasteiger partial charge in [0.15, 0.2) is 5.82 Å². The molecule has 0 bridgehead atoms. The number of methoxy groups -OCH3 is 1. The van der Waals surface area contributed by atoms with E-state index in [9.17, 15) is 4.79 Å². The number of rotatable bonds is 8. The van der Waals surface area contributed by atoms with Gasteiger partial charge in [0.2, 0.25) is 5.88 Å². The lowest BCUT2D eigenvalue weighted by atomic mass is 10.0. The first-order valence-corrected chi connectivity index (χ1v) is 15.1. The van der Waals surface area contributed by atoms with Gasteiger partial charge in [-0.3, -0.25) is 0 Å². The molecule has 1 amide bonds. The molecule has 3 heterocycles. The molecule has 1 aliphatic rings. The van der Waals surface area contributed by atoms with Gasteiger partial charge in [0.25, 0.3) is 0 Å². The third kappa shape index (κ3) is 6.77. The predicted octanol–water partition coefficient (Wildman–Crippen LogP) is 6.74. The van der Waals surface area contributed by atoms with E-state index in [-0.39, 0.29) is 12.1 Å². The molecular formula is C32H39N5O4S. The molecule has 0 aliphatic carbocycles. The fourth-order valence-corrected chi connectivity index (χ4v) is 5.91. The van der Waals surface area contributed by atoms with Crippen molar-refractivity contribution in [3.8, 4) is 17.0 Å². The molecule has 5 rings (SSSR count). The zero-order valence-corrected chi connectivity index (χ0v) is 26.0. The molecule has 42 heavy (non-hydrogen) atoms. The maximum atomic E-state index is 12.6. The van der Waals surface area contributed by atoms with Crippen LogP contribution in [0.3, 0.4) is 0 Å². The number of benzene rings is 2. The highest BCUT2D eigenvalue weighted by Crippen LogP contribution is 2.36. The summed E-state index contributed by atoms with van der Waals surface area (Å²) in [5.41, 5.74) is 3.84. The van der Waals surface area contributed by atoms with Crippen molar-refractivity contribution in [3.05, 3.63) is 64.4 Å². The monoisotopic (exact) mass is 589 g/mol. The molecule has 1 aliphatic heterocycles. The van der Waals surface area contributed by atoms with E-state index in [1.54, 1.807) is 30.4 Å². The molecule has 222 valence electrons. The Balaban J connectivity index is 1.37. The molecule has 0 unspecified atom stereocenters. The van der Waals surface area contributed by atoms with E-state index in [0.717, 1.165) is 64.3 Å². The first kappa shape index (κ1) is 29.6. The number of amides is 1. The van der Waals surface area contributed by atoms with Crippen molar-refractivity contribution in [1.82, 2.24) is 15.1 Å². The highest BCUT2D eigenvalue weighted by molar-refractivity contribution is 7.10. The van der Waals surface area contributed by atoms with Crippen LogP contribution in [0.5, 0.6) is 5.88 Å². The van der Waals surface area contributed by atoms with Crippen molar-refractivity contribution < 1.29 is 19.0 Å². The predicted molar refractivity (Wildman–Crippen MR) is 169 cm³/mol. The van der Waals surface area contributed by atoms with Crippen molar-refractivity contribution in [2.75, 3.05) is 50.7 Å². The summed E-state index contributed by atoms with van der Waals surface area (Å²) in [7, 11) is 3.38. The zero-order valence-electron chi connectivity index (χ0n) is 25.1. The number of fused-ring (bicyclic) bond motifs is 1. The van der Waals surface area contributed by atoms with Gasteiger partial charge in [-0.05, 0) is 74.0 Å². The van der Waals surface area contributed by atoms with Crippen LogP contribution in [0.2, 0.25) is 0 Å². The molecule has 4 aromatic rings. The van der Waals surface area contributed by atoms with Gasteiger partial charge in [0.05, 0.1) is 26.4 Å². The number of carbonyl (C=O) groups excluding carboxylic acids is 1. The molecule has 1 saturated heterocycles. The van der Waals surface area contributed by atoms with Gasteiger partial charge < -0.3 is 29.3 Å². The number of hydrogen-bond acceptors (Lipinski definition) is 9. The lowest BCUT2D eigenvalue weighted by molar-refractivity contribution is 0.0285. The first-order valence-electron chi connectivity index (χ1n) is 14.2. The van der Waals surface area contributed by atoms with Crippen LogP contribution in [-0.2, 0) is 16.0 Å². The molecule has 9 nitrogen and oxygen atoms in total. The number of morpholine rings is 1. The number of carbonyl (C=O) groups is 1. The summed E-state index contributed by atoms with van der Waals surface area (Å²) in [6.45, 7) is 11.3. The van der Waals surface area contributed by atoms with Gasteiger partial charge in [0.1, 0.15) is 5.60 Å². The molecule has 10 heteroatoms. The Morgan fingerprint density at radius 3 is 2.62 bits per heavy atom. The average Bonchev–Trinajstić information content (AvgIpc) is 3.47. The molecular weight excluding hydrogens is 550 g/mol. The lowest BCUT2D eigenvalue weighted by Gasteiger charge is -2.29. The van der Waals surface area contributed by atoms with E-state index in [2.05, 4.69) is 69.1 Å². The van der Waals surface area contributed by atoms with E-state index in [1.807, 2.05) is 32.9 Å². The number of ether oxygens (including phenoxy) is 3. The van der Waals surface area contributed by atoms with Crippen LogP contribution in [0.4, 0.5) is 16.3 Å². The van der Waals surface area contributed by atoms with Crippen LogP contribution in [0.15, 0.2) is 53.9 Å². The van der Waals surface area contributed by atoms with Crippen LogP contribution in [0, 0.1) is 0 Å². The zero-order chi connectivity index (χ0) is 29.9. The van der Waals surface area contributed by atoms with Gasteiger partial charge >= 0.3 is 6.09 Å². The Labute approximate surface area is 251 Å². The van der Waals surface area contributed by atoms with E-state index in [4.69, 9.17) is 14.2 Å². The fourth-order valence-electron chi connectivity index (χ4n) is 4.99. The molecule has 0 spiro atoms. The average molecular weight is 590 g/mol. The Morgan fingerprint density at radius 2 is 1.88 bits per heavy atom. The minimum atomic E-state index is -0.542. The molecule has 0 saturated carbocycles.